The molecule has 0 aliphatic heterocycles. The third-order valence-corrected chi connectivity index (χ3v) is 5.68. The van der Waals surface area contributed by atoms with Gasteiger partial charge in [0.2, 0.25) is 0 Å². The van der Waals surface area contributed by atoms with E-state index in [1.165, 1.54) is 7.11 Å². The highest BCUT2D eigenvalue weighted by molar-refractivity contribution is 6.33. The molecule has 0 saturated carbocycles. The fourth-order valence-electron chi connectivity index (χ4n) is 3.34. The van der Waals surface area contributed by atoms with Gasteiger partial charge in [0.05, 0.1) is 30.2 Å². The molecule has 0 N–H and O–H groups in total. The topological polar surface area (TPSA) is 57.5 Å². The van der Waals surface area contributed by atoms with Crippen LogP contribution < -0.4 is 4.74 Å². The Kier molecular flexibility index (Phi) is 6.74. The van der Waals surface area contributed by atoms with Gasteiger partial charge >= 0.3 is 5.97 Å². The molecule has 1 atom stereocenters. The first kappa shape index (κ1) is 22.2. The van der Waals surface area contributed by atoms with Crippen molar-refractivity contribution in [2.45, 2.75) is 39.7 Å². The van der Waals surface area contributed by atoms with E-state index in [0.717, 1.165) is 11.8 Å². The summed E-state index contributed by atoms with van der Waals surface area (Å²) in [5.74, 6) is -0.117. The van der Waals surface area contributed by atoms with Gasteiger partial charge in [-0.3, -0.25) is 14.2 Å². The molecule has 1 aromatic heterocycles. The highest BCUT2D eigenvalue weighted by Crippen LogP contribution is 2.35. The van der Waals surface area contributed by atoms with E-state index in [2.05, 4.69) is 0 Å². The number of fused-ring (bicyclic) bond motifs is 1. The van der Waals surface area contributed by atoms with Crippen LogP contribution in [0, 0.1) is 6.92 Å². The molecule has 0 aliphatic carbocycles. The van der Waals surface area contributed by atoms with Crippen molar-refractivity contribution >= 4 is 46.0 Å². The van der Waals surface area contributed by atoms with Crippen LogP contribution in [0.15, 0.2) is 36.4 Å². The molecule has 0 bridgehead atoms. The van der Waals surface area contributed by atoms with Gasteiger partial charge in [-0.1, -0.05) is 30.1 Å². The zero-order valence-electron chi connectivity index (χ0n) is 17.3. The smallest absolute Gasteiger partial charge is 0.310 e. The van der Waals surface area contributed by atoms with Gasteiger partial charge in [0.1, 0.15) is 5.75 Å². The Hall–Kier alpha value is -2.50. The number of esters is 1. The minimum Gasteiger partial charge on any atom is -0.495 e. The van der Waals surface area contributed by atoms with Gasteiger partial charge in [0, 0.05) is 21.7 Å². The van der Waals surface area contributed by atoms with Crippen LogP contribution >= 0.6 is 23.2 Å². The maximum absolute atomic E-state index is 13.3. The number of benzene rings is 2. The second-order valence-electron chi connectivity index (χ2n) is 7.10. The molecule has 2 aromatic carbocycles. The average molecular weight is 448 g/mol. The number of aromatic nitrogens is 1. The van der Waals surface area contributed by atoms with Crippen molar-refractivity contribution < 1.29 is 19.1 Å². The Morgan fingerprint density at radius 2 is 1.80 bits per heavy atom. The average Bonchev–Trinajstić information content (AvgIpc) is 2.97. The Morgan fingerprint density at radius 3 is 2.40 bits per heavy atom. The first-order valence-electron chi connectivity index (χ1n) is 9.64. The quantitative estimate of drug-likeness (QED) is 0.445. The first-order chi connectivity index (χ1) is 14.3. The number of hydrogen-bond donors (Lipinski definition) is 0. The Balaban J connectivity index is 2.16. The number of halogens is 2. The van der Waals surface area contributed by atoms with Crippen LogP contribution in [0.25, 0.3) is 10.9 Å². The van der Waals surface area contributed by atoms with Gasteiger partial charge in [0.15, 0.2) is 0 Å². The summed E-state index contributed by atoms with van der Waals surface area (Å²) in [5.41, 5.74) is 2.43. The van der Waals surface area contributed by atoms with Gasteiger partial charge in [-0.2, -0.15) is 0 Å². The van der Waals surface area contributed by atoms with Gasteiger partial charge in [-0.15, -0.1) is 0 Å². The maximum Gasteiger partial charge on any atom is 0.310 e. The fourth-order valence-corrected chi connectivity index (χ4v) is 3.70. The first-order valence-corrected chi connectivity index (χ1v) is 10.4. The number of nitrogens with zero attached hydrogens (tertiary/aromatic N) is 1. The molecule has 7 heteroatoms. The zero-order valence-corrected chi connectivity index (χ0v) is 18.8. The molecular weight excluding hydrogens is 425 g/mol. The lowest BCUT2D eigenvalue weighted by Gasteiger charge is -2.11. The van der Waals surface area contributed by atoms with Crippen LogP contribution in [0.3, 0.4) is 0 Å². The third-order valence-electron chi connectivity index (χ3n) is 5.13. The van der Waals surface area contributed by atoms with Crippen LogP contribution in [-0.2, 0) is 16.0 Å². The van der Waals surface area contributed by atoms with E-state index in [1.807, 2.05) is 13.8 Å². The van der Waals surface area contributed by atoms with Crippen LogP contribution in [0.4, 0.5) is 0 Å². The number of carbonyl (C=O) groups excluding carboxylic acids is 2. The lowest BCUT2D eigenvalue weighted by Crippen LogP contribution is -2.17. The van der Waals surface area contributed by atoms with Crippen LogP contribution in [0.5, 0.6) is 5.75 Å². The lowest BCUT2D eigenvalue weighted by atomic mass is 10.1. The van der Waals surface area contributed by atoms with Crippen LogP contribution in [0.2, 0.25) is 10.0 Å². The zero-order chi connectivity index (χ0) is 22.0. The maximum atomic E-state index is 13.3. The summed E-state index contributed by atoms with van der Waals surface area (Å²) in [6.07, 6.45) is 0.592. The van der Waals surface area contributed by atoms with Crippen molar-refractivity contribution in [1.82, 2.24) is 4.57 Å². The Morgan fingerprint density at radius 1 is 1.13 bits per heavy atom. The molecule has 3 aromatic rings. The summed E-state index contributed by atoms with van der Waals surface area (Å²) in [7, 11) is 1.52. The predicted octanol–water partition coefficient (Wildman–Crippen LogP) is 5.84. The van der Waals surface area contributed by atoms with E-state index in [0.29, 0.717) is 38.1 Å². The number of carbonyl (C=O) groups is 2. The summed E-state index contributed by atoms with van der Waals surface area (Å²) in [5, 5.41) is 1.64. The van der Waals surface area contributed by atoms with E-state index in [4.69, 9.17) is 32.7 Å². The molecule has 0 radical (unpaired) electrons. The van der Waals surface area contributed by atoms with Crippen molar-refractivity contribution in [3.8, 4) is 5.75 Å². The molecule has 1 unspecified atom stereocenters. The second kappa shape index (κ2) is 9.11. The van der Waals surface area contributed by atoms with E-state index in [-0.39, 0.29) is 24.4 Å². The summed E-state index contributed by atoms with van der Waals surface area (Å²) in [6, 6.07) is 10.1. The number of rotatable bonds is 6. The van der Waals surface area contributed by atoms with Crippen molar-refractivity contribution in [2.75, 3.05) is 7.11 Å². The van der Waals surface area contributed by atoms with E-state index in [1.54, 1.807) is 47.9 Å². The number of ether oxygens (including phenoxy) is 2. The summed E-state index contributed by atoms with van der Waals surface area (Å²) in [6.45, 7) is 5.60. The van der Waals surface area contributed by atoms with Crippen molar-refractivity contribution in [1.29, 1.82) is 0 Å². The monoisotopic (exact) mass is 447 g/mol. The molecule has 0 amide bonds. The summed E-state index contributed by atoms with van der Waals surface area (Å²) in [4.78, 5) is 25.8. The molecule has 0 spiro atoms. The van der Waals surface area contributed by atoms with Gasteiger partial charge < -0.3 is 9.47 Å². The Labute approximate surface area is 185 Å². The standard InChI is InChI=1S/C23H23Cl2NO4/c1-5-13(2)30-22(27)11-17-14(3)26(23(28)15-6-8-16(24)9-7-15)20-12-19(25)21(29-4)10-18(17)20/h6-10,12-13H,5,11H2,1-4H3. The molecule has 0 aliphatic rings. The molecule has 30 heavy (non-hydrogen) atoms. The fraction of sp³-hybridized carbons (Fsp3) is 0.304. The normalized spacial score (nSPS) is 12.1. The van der Waals surface area contributed by atoms with Crippen LogP contribution in [0.1, 0.15) is 41.9 Å². The largest absolute Gasteiger partial charge is 0.495 e. The van der Waals surface area contributed by atoms with E-state index < -0.39 is 0 Å². The second-order valence-corrected chi connectivity index (χ2v) is 7.94. The van der Waals surface area contributed by atoms with Crippen molar-refractivity contribution in [3.63, 3.8) is 0 Å². The summed E-state index contributed by atoms with van der Waals surface area (Å²) >= 11 is 12.3. The minimum atomic E-state index is -0.348. The highest BCUT2D eigenvalue weighted by atomic mass is 35.5. The van der Waals surface area contributed by atoms with E-state index in [9.17, 15) is 9.59 Å². The Bertz CT molecular complexity index is 1100. The molecule has 3 rings (SSSR count). The van der Waals surface area contributed by atoms with Gasteiger partial charge in [-0.05, 0) is 62.2 Å². The molecule has 0 saturated heterocycles. The van der Waals surface area contributed by atoms with Crippen molar-refractivity contribution in [3.05, 3.63) is 63.3 Å². The molecule has 5 nitrogen and oxygen atoms in total. The van der Waals surface area contributed by atoms with Crippen LogP contribution in [-0.4, -0.2) is 29.7 Å². The third kappa shape index (κ3) is 4.32. The minimum absolute atomic E-state index is 0.0400. The molecular formula is C23H23Cl2NO4. The lowest BCUT2D eigenvalue weighted by molar-refractivity contribution is -0.147. The number of hydrogen-bond acceptors (Lipinski definition) is 4. The summed E-state index contributed by atoms with van der Waals surface area (Å²) < 4.78 is 12.4. The SMILES string of the molecule is CCC(C)OC(=O)Cc1c(C)n(C(=O)c2ccc(Cl)cc2)c2cc(Cl)c(OC)cc12. The molecule has 1 heterocycles. The van der Waals surface area contributed by atoms with E-state index >= 15 is 0 Å². The van der Waals surface area contributed by atoms with Gasteiger partial charge in [0.25, 0.3) is 5.91 Å². The van der Waals surface area contributed by atoms with Gasteiger partial charge in [-0.25, -0.2) is 0 Å². The van der Waals surface area contributed by atoms with Crippen molar-refractivity contribution in [2.24, 2.45) is 0 Å². The molecule has 0 fully saturated rings. The predicted molar refractivity (Wildman–Crippen MR) is 119 cm³/mol. The highest BCUT2D eigenvalue weighted by Gasteiger charge is 2.24. The molecule has 158 valence electrons. The number of methoxy groups -OCH3 is 1.